The summed E-state index contributed by atoms with van der Waals surface area (Å²) in [6, 6.07) is 15.7. The van der Waals surface area contributed by atoms with E-state index in [2.05, 4.69) is 10.3 Å². The van der Waals surface area contributed by atoms with Crippen LogP contribution in [-0.4, -0.2) is 27.8 Å². The Morgan fingerprint density at radius 1 is 1.06 bits per heavy atom. The van der Waals surface area contributed by atoms with Gasteiger partial charge in [0.15, 0.2) is 22.6 Å². The van der Waals surface area contributed by atoms with Crippen molar-refractivity contribution in [3.05, 3.63) is 94.0 Å². The van der Waals surface area contributed by atoms with Crippen molar-refractivity contribution in [3.63, 3.8) is 0 Å². The summed E-state index contributed by atoms with van der Waals surface area (Å²) in [7, 11) is 1.56. The molecule has 6 nitrogen and oxygen atoms in total. The summed E-state index contributed by atoms with van der Waals surface area (Å²) in [4.78, 5) is 30.6. The standard InChI is InChI=1S/C25H20F3N3O3S/c1-14(23(32)29-20-12-11-18(26)21(27)22(20)28)35-25-30-19-6-4-3-5-17(19)24(33)31(25)13-15-7-9-16(34-2)10-8-15/h3-12,14H,13H2,1-2H3,(H,29,32). The molecule has 4 aromatic rings. The van der Waals surface area contributed by atoms with Crippen LogP contribution in [0.3, 0.4) is 0 Å². The van der Waals surface area contributed by atoms with E-state index in [1.54, 1.807) is 43.5 Å². The lowest BCUT2D eigenvalue weighted by Gasteiger charge is -2.17. The molecule has 0 aliphatic heterocycles. The van der Waals surface area contributed by atoms with E-state index < -0.39 is 34.3 Å². The van der Waals surface area contributed by atoms with Crippen LogP contribution in [0.4, 0.5) is 18.9 Å². The van der Waals surface area contributed by atoms with Crippen molar-refractivity contribution in [2.45, 2.75) is 23.9 Å². The van der Waals surface area contributed by atoms with E-state index in [1.165, 1.54) is 11.5 Å². The van der Waals surface area contributed by atoms with Crippen molar-refractivity contribution in [3.8, 4) is 5.75 Å². The van der Waals surface area contributed by atoms with E-state index in [1.807, 2.05) is 12.1 Å². The number of methoxy groups -OCH3 is 1. The molecule has 10 heteroatoms. The zero-order valence-corrected chi connectivity index (χ0v) is 19.5. The first-order valence-electron chi connectivity index (χ1n) is 10.5. The maximum atomic E-state index is 14.0. The van der Waals surface area contributed by atoms with Gasteiger partial charge in [0, 0.05) is 0 Å². The number of benzene rings is 3. The highest BCUT2D eigenvalue weighted by Gasteiger charge is 2.22. The van der Waals surface area contributed by atoms with E-state index in [0.717, 1.165) is 29.5 Å². The van der Waals surface area contributed by atoms with Gasteiger partial charge in [0.25, 0.3) is 5.56 Å². The molecule has 1 N–H and O–H groups in total. The Bertz CT molecular complexity index is 1460. The number of rotatable bonds is 7. The number of aromatic nitrogens is 2. The fourth-order valence-corrected chi connectivity index (χ4v) is 4.27. The number of carbonyl (C=O) groups excluding carboxylic acids is 1. The number of halogens is 3. The van der Waals surface area contributed by atoms with Gasteiger partial charge in [-0.05, 0) is 48.9 Å². The Morgan fingerprint density at radius 2 is 1.77 bits per heavy atom. The Balaban J connectivity index is 1.65. The summed E-state index contributed by atoms with van der Waals surface area (Å²) in [6.45, 7) is 1.73. The summed E-state index contributed by atoms with van der Waals surface area (Å²) in [6.07, 6.45) is 0. The SMILES string of the molecule is COc1ccc(Cn2c(SC(C)C(=O)Nc3ccc(F)c(F)c3F)nc3ccccc3c2=O)cc1. The van der Waals surface area contributed by atoms with Crippen LogP contribution >= 0.6 is 11.8 Å². The molecule has 1 heterocycles. The highest BCUT2D eigenvalue weighted by Crippen LogP contribution is 2.26. The van der Waals surface area contributed by atoms with Gasteiger partial charge in [-0.1, -0.05) is 36.0 Å². The Kier molecular flexibility index (Phi) is 7.11. The molecule has 0 spiro atoms. The smallest absolute Gasteiger partial charge is 0.262 e. The molecule has 0 bridgehead atoms. The second-order valence-corrected chi connectivity index (χ2v) is 8.93. The van der Waals surface area contributed by atoms with Crippen molar-refractivity contribution < 1.29 is 22.7 Å². The second kappa shape index (κ2) is 10.2. The van der Waals surface area contributed by atoms with E-state index in [9.17, 15) is 22.8 Å². The van der Waals surface area contributed by atoms with Gasteiger partial charge in [0.2, 0.25) is 5.91 Å². The van der Waals surface area contributed by atoms with Crippen LogP contribution in [0.1, 0.15) is 12.5 Å². The fraction of sp³-hybridized carbons (Fsp3) is 0.160. The normalized spacial score (nSPS) is 11.9. The number of carbonyl (C=O) groups is 1. The molecule has 1 unspecified atom stereocenters. The highest BCUT2D eigenvalue weighted by molar-refractivity contribution is 8.00. The van der Waals surface area contributed by atoms with Crippen LogP contribution in [0.5, 0.6) is 5.75 Å². The average Bonchev–Trinajstić information content (AvgIpc) is 2.87. The Hall–Kier alpha value is -3.79. The highest BCUT2D eigenvalue weighted by atomic mass is 32.2. The number of para-hydroxylation sites is 1. The number of anilines is 1. The fourth-order valence-electron chi connectivity index (χ4n) is 3.36. The first-order chi connectivity index (χ1) is 16.8. The average molecular weight is 500 g/mol. The number of hydrogen-bond acceptors (Lipinski definition) is 5. The summed E-state index contributed by atoms with van der Waals surface area (Å²) in [5, 5.41) is 2.11. The number of nitrogens with one attached hydrogen (secondary N) is 1. The molecule has 0 fully saturated rings. The van der Waals surface area contributed by atoms with E-state index >= 15 is 0 Å². The molecule has 4 rings (SSSR count). The lowest BCUT2D eigenvalue weighted by molar-refractivity contribution is -0.115. The van der Waals surface area contributed by atoms with Crippen LogP contribution in [0.15, 0.2) is 70.6 Å². The van der Waals surface area contributed by atoms with Gasteiger partial charge < -0.3 is 10.1 Å². The van der Waals surface area contributed by atoms with Crippen LogP contribution in [-0.2, 0) is 11.3 Å². The molecule has 35 heavy (non-hydrogen) atoms. The molecule has 1 aromatic heterocycles. The summed E-state index contributed by atoms with van der Waals surface area (Å²) < 4.78 is 47.3. The molecule has 1 atom stereocenters. The van der Waals surface area contributed by atoms with Crippen molar-refractivity contribution in [2.24, 2.45) is 0 Å². The van der Waals surface area contributed by atoms with Gasteiger partial charge in [-0.15, -0.1) is 0 Å². The molecular weight excluding hydrogens is 479 g/mol. The molecule has 0 aliphatic rings. The van der Waals surface area contributed by atoms with Crippen LogP contribution in [0, 0.1) is 17.5 Å². The largest absolute Gasteiger partial charge is 0.497 e. The van der Waals surface area contributed by atoms with Gasteiger partial charge in [0.1, 0.15) is 5.75 Å². The van der Waals surface area contributed by atoms with Gasteiger partial charge in [0.05, 0.1) is 35.5 Å². The zero-order valence-electron chi connectivity index (χ0n) is 18.7. The number of hydrogen-bond donors (Lipinski definition) is 1. The molecule has 0 radical (unpaired) electrons. The van der Waals surface area contributed by atoms with E-state index in [-0.39, 0.29) is 17.3 Å². The molecule has 180 valence electrons. The number of amides is 1. The summed E-state index contributed by atoms with van der Waals surface area (Å²) in [5.41, 5.74) is 0.509. The maximum Gasteiger partial charge on any atom is 0.262 e. The minimum atomic E-state index is -1.67. The van der Waals surface area contributed by atoms with Gasteiger partial charge >= 0.3 is 0 Å². The zero-order chi connectivity index (χ0) is 25.1. The molecular formula is C25H20F3N3O3S. The van der Waals surface area contributed by atoms with Crippen LogP contribution in [0.25, 0.3) is 10.9 Å². The van der Waals surface area contributed by atoms with Crippen molar-refractivity contribution in [1.29, 1.82) is 0 Å². The predicted octanol–water partition coefficient (Wildman–Crippen LogP) is 4.99. The number of ether oxygens (including phenoxy) is 1. The maximum absolute atomic E-state index is 14.0. The van der Waals surface area contributed by atoms with Crippen molar-refractivity contribution >= 4 is 34.3 Å². The number of nitrogens with zero attached hydrogens (tertiary/aromatic N) is 2. The lowest BCUT2D eigenvalue weighted by atomic mass is 10.2. The third kappa shape index (κ3) is 5.17. The van der Waals surface area contributed by atoms with E-state index in [0.29, 0.717) is 16.7 Å². The molecule has 0 aliphatic carbocycles. The molecule has 0 saturated carbocycles. The van der Waals surface area contributed by atoms with Crippen LogP contribution < -0.4 is 15.6 Å². The Morgan fingerprint density at radius 3 is 2.49 bits per heavy atom. The molecule has 0 saturated heterocycles. The first kappa shape index (κ1) is 24.3. The quantitative estimate of drug-likeness (QED) is 0.220. The van der Waals surface area contributed by atoms with Gasteiger partial charge in [-0.3, -0.25) is 14.2 Å². The number of thioether (sulfide) groups is 1. The molecule has 3 aromatic carbocycles. The van der Waals surface area contributed by atoms with Crippen molar-refractivity contribution in [2.75, 3.05) is 12.4 Å². The lowest BCUT2D eigenvalue weighted by Crippen LogP contribution is -2.27. The topological polar surface area (TPSA) is 73.2 Å². The minimum absolute atomic E-state index is 0.190. The second-order valence-electron chi connectivity index (χ2n) is 7.62. The minimum Gasteiger partial charge on any atom is -0.497 e. The number of fused-ring (bicyclic) bond motifs is 1. The summed E-state index contributed by atoms with van der Waals surface area (Å²) >= 11 is 0.992. The van der Waals surface area contributed by atoms with Crippen molar-refractivity contribution in [1.82, 2.24) is 9.55 Å². The summed E-state index contributed by atoms with van der Waals surface area (Å²) in [5.74, 6) is -4.52. The molecule has 1 amide bonds. The third-order valence-corrected chi connectivity index (χ3v) is 6.36. The van der Waals surface area contributed by atoms with E-state index in [4.69, 9.17) is 4.74 Å². The van der Waals surface area contributed by atoms with Gasteiger partial charge in [-0.25, -0.2) is 18.2 Å². The first-order valence-corrected chi connectivity index (χ1v) is 11.4. The third-order valence-electron chi connectivity index (χ3n) is 5.27. The predicted molar refractivity (Wildman–Crippen MR) is 128 cm³/mol. The monoisotopic (exact) mass is 499 g/mol. The van der Waals surface area contributed by atoms with Gasteiger partial charge in [-0.2, -0.15) is 0 Å². The van der Waals surface area contributed by atoms with Crippen LogP contribution in [0.2, 0.25) is 0 Å². The Labute approximate surface area is 202 Å².